The van der Waals surface area contributed by atoms with E-state index in [9.17, 15) is 9.18 Å². The van der Waals surface area contributed by atoms with E-state index in [4.69, 9.17) is 0 Å². The van der Waals surface area contributed by atoms with Crippen LogP contribution in [0.1, 0.15) is 6.92 Å². The molecule has 2 nitrogen and oxygen atoms in total. The second kappa shape index (κ2) is 5.56. The van der Waals surface area contributed by atoms with Crippen LogP contribution in [0.2, 0.25) is 0 Å². The first kappa shape index (κ1) is 11.8. The lowest BCUT2D eigenvalue weighted by molar-refractivity contribution is -0.136. The summed E-state index contributed by atoms with van der Waals surface area (Å²) in [6.07, 6.45) is 0. The zero-order valence-electron chi connectivity index (χ0n) is 8.49. The molecule has 1 aromatic carbocycles. The molecule has 0 fully saturated rings. The normalized spacial score (nSPS) is 11.3. The number of hydrogen-bond acceptors (Lipinski definition) is 3. The minimum atomic E-state index is -0.357. The molecule has 0 radical (unpaired) electrons. The van der Waals surface area contributed by atoms with Crippen molar-refractivity contribution in [1.82, 2.24) is 0 Å². The molecule has 0 aliphatic carbocycles. The van der Waals surface area contributed by atoms with Crippen LogP contribution in [0.3, 0.4) is 0 Å². The standard InChI is InChI=1S/C11H11FO2S/c1-8(11(13)14-2)7-15-10-5-3-9(12)4-6-10/h3-7H,1-2H3/b8-7+. The Balaban J connectivity index is 2.63. The molecule has 0 saturated carbocycles. The van der Waals surface area contributed by atoms with Gasteiger partial charge >= 0.3 is 5.97 Å². The van der Waals surface area contributed by atoms with Gasteiger partial charge < -0.3 is 4.74 Å². The molecule has 0 heterocycles. The summed E-state index contributed by atoms with van der Waals surface area (Å²) in [7, 11) is 1.34. The van der Waals surface area contributed by atoms with Crippen LogP contribution in [0, 0.1) is 5.82 Å². The number of thioether (sulfide) groups is 1. The van der Waals surface area contributed by atoms with Gasteiger partial charge in [-0.15, -0.1) is 0 Å². The van der Waals surface area contributed by atoms with E-state index < -0.39 is 0 Å². The van der Waals surface area contributed by atoms with Crippen molar-refractivity contribution in [3.05, 3.63) is 41.1 Å². The molecule has 0 aliphatic heterocycles. The van der Waals surface area contributed by atoms with Crippen LogP contribution < -0.4 is 0 Å². The lowest BCUT2D eigenvalue weighted by Crippen LogP contribution is -2.00. The van der Waals surface area contributed by atoms with Crippen molar-refractivity contribution in [2.24, 2.45) is 0 Å². The van der Waals surface area contributed by atoms with Gasteiger partial charge in [-0.2, -0.15) is 0 Å². The fraction of sp³-hybridized carbons (Fsp3) is 0.182. The molecule has 0 atom stereocenters. The molecule has 1 rings (SSSR count). The summed E-state index contributed by atoms with van der Waals surface area (Å²) in [5, 5.41) is 1.68. The van der Waals surface area contributed by atoms with Crippen molar-refractivity contribution in [1.29, 1.82) is 0 Å². The first-order chi connectivity index (χ1) is 7.13. The summed E-state index contributed by atoms with van der Waals surface area (Å²) in [5.74, 6) is -0.627. The largest absolute Gasteiger partial charge is 0.466 e. The minimum absolute atomic E-state index is 0.270. The number of carbonyl (C=O) groups excluding carboxylic acids is 1. The number of halogens is 1. The van der Waals surface area contributed by atoms with Gasteiger partial charge in [-0.05, 0) is 36.6 Å². The smallest absolute Gasteiger partial charge is 0.333 e. The molecule has 0 N–H and O–H groups in total. The zero-order chi connectivity index (χ0) is 11.3. The molecular formula is C11H11FO2S. The second-order valence-corrected chi connectivity index (χ2v) is 3.81. The average molecular weight is 226 g/mol. The number of hydrogen-bond donors (Lipinski definition) is 0. The summed E-state index contributed by atoms with van der Waals surface area (Å²) in [6, 6.07) is 6.06. The van der Waals surface area contributed by atoms with E-state index in [1.54, 1.807) is 24.5 Å². The highest BCUT2D eigenvalue weighted by molar-refractivity contribution is 8.02. The first-order valence-corrected chi connectivity index (χ1v) is 5.19. The van der Waals surface area contributed by atoms with Gasteiger partial charge in [-0.3, -0.25) is 0 Å². The summed E-state index contributed by atoms with van der Waals surface area (Å²) < 4.78 is 17.1. The Morgan fingerprint density at radius 1 is 1.40 bits per heavy atom. The molecule has 0 spiro atoms. The third-order valence-electron chi connectivity index (χ3n) is 1.69. The molecule has 1 aromatic rings. The molecule has 4 heteroatoms. The third-order valence-corrected chi connectivity index (χ3v) is 2.71. The number of methoxy groups -OCH3 is 1. The van der Waals surface area contributed by atoms with Gasteiger partial charge in [0.15, 0.2) is 0 Å². The SMILES string of the molecule is COC(=O)/C(C)=C/Sc1ccc(F)cc1. The molecule has 80 valence electrons. The third kappa shape index (κ3) is 3.75. The molecule has 0 aromatic heterocycles. The number of carbonyl (C=O) groups is 1. The predicted molar refractivity (Wildman–Crippen MR) is 58.0 cm³/mol. The summed E-state index contributed by atoms with van der Waals surface area (Å²) in [5.41, 5.74) is 0.520. The molecule has 0 amide bonds. The van der Waals surface area contributed by atoms with Crippen molar-refractivity contribution in [3.63, 3.8) is 0 Å². The monoisotopic (exact) mass is 226 g/mol. The number of benzene rings is 1. The number of rotatable bonds is 3. The highest BCUT2D eigenvalue weighted by Crippen LogP contribution is 2.20. The highest BCUT2D eigenvalue weighted by atomic mass is 32.2. The Hall–Kier alpha value is -1.29. The van der Waals surface area contributed by atoms with E-state index in [2.05, 4.69) is 4.74 Å². The quantitative estimate of drug-likeness (QED) is 0.450. The number of ether oxygens (including phenoxy) is 1. The van der Waals surface area contributed by atoms with Gasteiger partial charge in [0, 0.05) is 10.5 Å². The van der Waals surface area contributed by atoms with Crippen LogP contribution in [0.25, 0.3) is 0 Å². The average Bonchev–Trinajstić information content (AvgIpc) is 2.26. The summed E-state index contributed by atoms with van der Waals surface area (Å²) in [6.45, 7) is 1.67. The first-order valence-electron chi connectivity index (χ1n) is 4.31. The summed E-state index contributed by atoms with van der Waals surface area (Å²) >= 11 is 1.35. The Kier molecular flexibility index (Phi) is 4.37. The molecular weight excluding hydrogens is 215 g/mol. The minimum Gasteiger partial charge on any atom is -0.466 e. The van der Waals surface area contributed by atoms with Gasteiger partial charge in [0.05, 0.1) is 7.11 Å². The van der Waals surface area contributed by atoms with Crippen LogP contribution in [0.5, 0.6) is 0 Å². The van der Waals surface area contributed by atoms with Crippen LogP contribution >= 0.6 is 11.8 Å². The fourth-order valence-electron chi connectivity index (χ4n) is 0.879. The maximum Gasteiger partial charge on any atom is 0.333 e. The highest BCUT2D eigenvalue weighted by Gasteiger charge is 2.02. The molecule has 0 saturated heterocycles. The molecule has 0 aliphatic rings. The Morgan fingerprint density at radius 2 is 2.00 bits per heavy atom. The van der Waals surface area contributed by atoms with E-state index in [-0.39, 0.29) is 11.8 Å². The van der Waals surface area contributed by atoms with E-state index in [0.717, 1.165) is 4.90 Å². The fourth-order valence-corrected chi connectivity index (χ4v) is 1.58. The van der Waals surface area contributed by atoms with Crippen LogP contribution in [-0.4, -0.2) is 13.1 Å². The van der Waals surface area contributed by atoms with Gasteiger partial charge in [0.1, 0.15) is 5.82 Å². The molecule has 15 heavy (non-hydrogen) atoms. The van der Waals surface area contributed by atoms with Crippen molar-refractivity contribution < 1.29 is 13.9 Å². The van der Waals surface area contributed by atoms with Crippen molar-refractivity contribution in [2.45, 2.75) is 11.8 Å². The van der Waals surface area contributed by atoms with E-state index in [1.165, 1.54) is 31.0 Å². The van der Waals surface area contributed by atoms with Gasteiger partial charge in [0.25, 0.3) is 0 Å². The zero-order valence-corrected chi connectivity index (χ0v) is 9.31. The predicted octanol–water partition coefficient (Wildman–Crippen LogP) is 2.99. The lowest BCUT2D eigenvalue weighted by atomic mass is 10.3. The van der Waals surface area contributed by atoms with Gasteiger partial charge in [0.2, 0.25) is 0 Å². The Bertz CT molecular complexity index is 371. The van der Waals surface area contributed by atoms with E-state index >= 15 is 0 Å². The maximum atomic E-state index is 12.6. The Morgan fingerprint density at radius 3 is 2.53 bits per heavy atom. The summed E-state index contributed by atoms with van der Waals surface area (Å²) in [4.78, 5) is 11.9. The topological polar surface area (TPSA) is 26.3 Å². The number of esters is 1. The van der Waals surface area contributed by atoms with Crippen LogP contribution in [-0.2, 0) is 9.53 Å². The van der Waals surface area contributed by atoms with Crippen molar-refractivity contribution in [2.75, 3.05) is 7.11 Å². The van der Waals surface area contributed by atoms with Gasteiger partial charge in [-0.1, -0.05) is 11.8 Å². The van der Waals surface area contributed by atoms with E-state index in [0.29, 0.717) is 5.57 Å². The lowest BCUT2D eigenvalue weighted by Gasteiger charge is -1.99. The second-order valence-electron chi connectivity index (χ2n) is 2.86. The van der Waals surface area contributed by atoms with Crippen LogP contribution in [0.15, 0.2) is 40.1 Å². The van der Waals surface area contributed by atoms with Crippen LogP contribution in [0.4, 0.5) is 4.39 Å². The maximum absolute atomic E-state index is 12.6. The van der Waals surface area contributed by atoms with Crippen molar-refractivity contribution >= 4 is 17.7 Å². The van der Waals surface area contributed by atoms with Gasteiger partial charge in [-0.25, -0.2) is 9.18 Å². The molecule has 0 unspecified atom stereocenters. The molecule has 0 bridgehead atoms. The van der Waals surface area contributed by atoms with Crippen molar-refractivity contribution in [3.8, 4) is 0 Å². The Labute approximate surface area is 92.1 Å². The van der Waals surface area contributed by atoms with E-state index in [1.807, 2.05) is 0 Å².